The van der Waals surface area contributed by atoms with Crippen LogP contribution in [0.5, 0.6) is 5.75 Å². The minimum atomic E-state index is -0.575. The molecule has 0 aliphatic rings. The first-order valence-corrected chi connectivity index (χ1v) is 10.3. The summed E-state index contributed by atoms with van der Waals surface area (Å²) in [5, 5.41) is 2.98. The van der Waals surface area contributed by atoms with Gasteiger partial charge in [0.25, 0.3) is 5.91 Å². The van der Waals surface area contributed by atoms with Gasteiger partial charge in [-0.25, -0.2) is 0 Å². The fourth-order valence-corrected chi connectivity index (χ4v) is 3.68. The molecule has 4 heteroatoms. The maximum absolute atomic E-state index is 12.5. The molecule has 1 N–H and O–H groups in total. The van der Waals surface area contributed by atoms with Gasteiger partial charge in [0.2, 0.25) is 0 Å². The number of hydrogen-bond donors (Lipinski definition) is 1. The lowest BCUT2D eigenvalue weighted by Crippen LogP contribution is -2.30. The average Bonchev–Trinajstić information content (AvgIpc) is 2.69. The van der Waals surface area contributed by atoms with Gasteiger partial charge in [-0.15, -0.1) is 11.8 Å². The van der Waals surface area contributed by atoms with Gasteiger partial charge in [-0.1, -0.05) is 42.5 Å². The molecule has 0 radical (unpaired) electrons. The third-order valence-electron chi connectivity index (χ3n) is 4.37. The highest BCUT2D eigenvalue weighted by molar-refractivity contribution is 7.98. The predicted octanol–water partition coefficient (Wildman–Crippen LogP) is 6.00. The van der Waals surface area contributed by atoms with E-state index in [0.29, 0.717) is 5.75 Å². The second-order valence-electron chi connectivity index (χ2n) is 6.82. The number of thioether (sulfide) groups is 1. The van der Waals surface area contributed by atoms with Crippen molar-refractivity contribution >= 4 is 23.4 Å². The summed E-state index contributed by atoms with van der Waals surface area (Å²) in [5.74, 6) is 1.44. The highest BCUT2D eigenvalue weighted by atomic mass is 32.2. The topological polar surface area (TPSA) is 38.3 Å². The number of amides is 1. The molecule has 1 atom stereocenters. The number of anilines is 1. The standard InChI is InChI=1S/C24H25NO2S/c1-17-8-7-9-21(14-17)27-19(3)24(26)25-23-13-12-20(15-18(23)2)16-28-22-10-5-4-6-11-22/h4-15,19H,16H2,1-3H3,(H,25,26)/t19-/m1/s1. The van der Waals surface area contributed by atoms with Crippen LogP contribution in [0.2, 0.25) is 0 Å². The molecule has 1 amide bonds. The SMILES string of the molecule is Cc1cccc(O[C@H](C)C(=O)Nc2ccc(CSc3ccccc3)cc2C)c1. The smallest absolute Gasteiger partial charge is 0.265 e. The van der Waals surface area contributed by atoms with E-state index in [4.69, 9.17) is 4.74 Å². The third kappa shape index (κ3) is 5.64. The largest absolute Gasteiger partial charge is 0.481 e. The van der Waals surface area contributed by atoms with Crippen molar-refractivity contribution < 1.29 is 9.53 Å². The maximum Gasteiger partial charge on any atom is 0.265 e. The first-order valence-electron chi connectivity index (χ1n) is 9.33. The normalized spacial score (nSPS) is 11.7. The fourth-order valence-electron chi connectivity index (χ4n) is 2.82. The highest BCUT2D eigenvalue weighted by Crippen LogP contribution is 2.25. The molecule has 0 aromatic heterocycles. The van der Waals surface area contributed by atoms with Gasteiger partial charge in [-0.05, 0) is 67.8 Å². The molecular formula is C24H25NO2S. The van der Waals surface area contributed by atoms with Crippen LogP contribution in [0.3, 0.4) is 0 Å². The Morgan fingerprint density at radius 3 is 2.50 bits per heavy atom. The first-order chi connectivity index (χ1) is 13.5. The molecule has 3 aromatic rings. The number of aryl methyl sites for hydroxylation is 2. The molecule has 0 aliphatic heterocycles. The van der Waals surface area contributed by atoms with Crippen LogP contribution in [0.1, 0.15) is 23.6 Å². The quantitative estimate of drug-likeness (QED) is 0.502. The van der Waals surface area contributed by atoms with Crippen LogP contribution >= 0.6 is 11.8 Å². The summed E-state index contributed by atoms with van der Waals surface area (Å²) < 4.78 is 5.76. The number of benzene rings is 3. The van der Waals surface area contributed by atoms with Crippen LogP contribution in [0.4, 0.5) is 5.69 Å². The molecule has 28 heavy (non-hydrogen) atoms. The van der Waals surface area contributed by atoms with Crippen LogP contribution in [-0.2, 0) is 10.5 Å². The summed E-state index contributed by atoms with van der Waals surface area (Å²) >= 11 is 1.80. The molecule has 0 saturated carbocycles. The molecule has 3 rings (SSSR count). The zero-order chi connectivity index (χ0) is 19.9. The first kappa shape index (κ1) is 20.0. The van der Waals surface area contributed by atoms with Crippen LogP contribution in [0, 0.1) is 13.8 Å². The fraction of sp³-hybridized carbons (Fsp3) is 0.208. The predicted molar refractivity (Wildman–Crippen MR) is 117 cm³/mol. The van der Waals surface area contributed by atoms with E-state index in [1.807, 2.05) is 62.4 Å². The van der Waals surface area contributed by atoms with E-state index >= 15 is 0 Å². The van der Waals surface area contributed by atoms with E-state index in [1.165, 1.54) is 10.5 Å². The Morgan fingerprint density at radius 1 is 1.00 bits per heavy atom. The minimum absolute atomic E-state index is 0.156. The molecule has 0 aliphatic carbocycles. The van der Waals surface area contributed by atoms with E-state index in [9.17, 15) is 4.79 Å². The van der Waals surface area contributed by atoms with Gasteiger partial charge in [-0.2, -0.15) is 0 Å². The van der Waals surface area contributed by atoms with Gasteiger partial charge in [0.05, 0.1) is 0 Å². The van der Waals surface area contributed by atoms with Crippen LogP contribution in [-0.4, -0.2) is 12.0 Å². The molecule has 0 saturated heterocycles. The lowest BCUT2D eigenvalue weighted by atomic mass is 10.1. The van der Waals surface area contributed by atoms with Crippen molar-refractivity contribution in [2.24, 2.45) is 0 Å². The molecule has 3 nitrogen and oxygen atoms in total. The average molecular weight is 392 g/mol. The van der Waals surface area contributed by atoms with E-state index < -0.39 is 6.10 Å². The van der Waals surface area contributed by atoms with Gasteiger partial charge in [0, 0.05) is 16.3 Å². The Labute approximate surface area is 171 Å². The number of carbonyl (C=O) groups is 1. The highest BCUT2D eigenvalue weighted by Gasteiger charge is 2.16. The maximum atomic E-state index is 12.5. The molecular weight excluding hydrogens is 366 g/mol. The Kier molecular flexibility index (Phi) is 6.77. The number of ether oxygens (including phenoxy) is 1. The summed E-state index contributed by atoms with van der Waals surface area (Å²) in [6, 6.07) is 24.2. The van der Waals surface area contributed by atoms with E-state index in [-0.39, 0.29) is 5.91 Å². The second kappa shape index (κ2) is 9.47. The molecule has 3 aromatic carbocycles. The number of hydrogen-bond acceptors (Lipinski definition) is 3. The number of nitrogens with one attached hydrogen (secondary N) is 1. The van der Waals surface area contributed by atoms with Crippen molar-refractivity contribution in [2.75, 3.05) is 5.32 Å². The van der Waals surface area contributed by atoms with Gasteiger partial charge < -0.3 is 10.1 Å². The van der Waals surface area contributed by atoms with Crippen LogP contribution in [0.15, 0.2) is 77.7 Å². The summed E-state index contributed by atoms with van der Waals surface area (Å²) in [6.45, 7) is 5.77. The monoisotopic (exact) mass is 391 g/mol. The lowest BCUT2D eigenvalue weighted by Gasteiger charge is -2.16. The van der Waals surface area contributed by atoms with Crippen molar-refractivity contribution in [1.29, 1.82) is 0 Å². The van der Waals surface area contributed by atoms with Crippen molar-refractivity contribution in [3.05, 3.63) is 89.5 Å². The molecule has 0 bridgehead atoms. The third-order valence-corrected chi connectivity index (χ3v) is 5.45. The summed E-state index contributed by atoms with van der Waals surface area (Å²) in [6.07, 6.45) is -0.575. The van der Waals surface area contributed by atoms with Gasteiger partial charge >= 0.3 is 0 Å². The Balaban J connectivity index is 1.58. The Morgan fingerprint density at radius 2 is 1.79 bits per heavy atom. The van der Waals surface area contributed by atoms with Gasteiger partial charge in [0.15, 0.2) is 6.10 Å². The van der Waals surface area contributed by atoms with Crippen LogP contribution < -0.4 is 10.1 Å². The van der Waals surface area contributed by atoms with Crippen LogP contribution in [0.25, 0.3) is 0 Å². The zero-order valence-corrected chi connectivity index (χ0v) is 17.3. The van der Waals surface area contributed by atoms with Gasteiger partial charge in [-0.3, -0.25) is 4.79 Å². The molecule has 0 unspecified atom stereocenters. The molecule has 0 fully saturated rings. The molecule has 144 valence electrons. The van der Waals surface area contributed by atoms with E-state index in [2.05, 4.69) is 29.6 Å². The number of rotatable bonds is 7. The minimum Gasteiger partial charge on any atom is -0.481 e. The summed E-state index contributed by atoms with van der Waals surface area (Å²) in [7, 11) is 0. The second-order valence-corrected chi connectivity index (χ2v) is 7.87. The summed E-state index contributed by atoms with van der Waals surface area (Å²) in [5.41, 5.74) is 4.19. The van der Waals surface area contributed by atoms with E-state index in [1.54, 1.807) is 18.7 Å². The van der Waals surface area contributed by atoms with Gasteiger partial charge in [0.1, 0.15) is 5.75 Å². The zero-order valence-electron chi connectivity index (χ0n) is 16.4. The van der Waals surface area contributed by atoms with Crippen molar-refractivity contribution in [1.82, 2.24) is 0 Å². The lowest BCUT2D eigenvalue weighted by molar-refractivity contribution is -0.122. The molecule has 0 heterocycles. The van der Waals surface area contributed by atoms with E-state index in [0.717, 1.165) is 22.6 Å². The summed E-state index contributed by atoms with van der Waals surface area (Å²) in [4.78, 5) is 13.8. The van der Waals surface area contributed by atoms with Crippen molar-refractivity contribution in [2.45, 2.75) is 37.5 Å². The van der Waals surface area contributed by atoms with Crippen molar-refractivity contribution in [3.8, 4) is 5.75 Å². The Bertz CT molecular complexity index is 940. The van der Waals surface area contributed by atoms with Crippen molar-refractivity contribution in [3.63, 3.8) is 0 Å². The molecule has 0 spiro atoms. The Hall–Kier alpha value is -2.72. The number of carbonyl (C=O) groups excluding carboxylic acids is 1.